The molecule has 1 rings (SSSR count). The summed E-state index contributed by atoms with van der Waals surface area (Å²) in [7, 11) is 2.41. The second-order valence-corrected chi connectivity index (χ2v) is 6.27. The van der Waals surface area contributed by atoms with Crippen LogP contribution in [-0.4, -0.2) is 15.5 Å². The molecule has 96 valence electrons. The monoisotopic (exact) mass is 284 g/mol. The molecule has 0 amide bonds. The maximum absolute atomic E-state index is 13.5. The van der Waals surface area contributed by atoms with E-state index < -0.39 is 26.8 Å². The Kier molecular flexibility index (Phi) is 4.32. The number of alkyl halides is 1. The zero-order valence-corrected chi connectivity index (χ0v) is 10.8. The molecule has 0 saturated carbocycles. The summed E-state index contributed by atoms with van der Waals surface area (Å²) in [4.78, 5) is 0. The summed E-state index contributed by atoms with van der Waals surface area (Å²) in [6, 6.07) is 2.19. The van der Waals surface area contributed by atoms with Gasteiger partial charge in [-0.2, -0.15) is 0 Å². The topological polar surface area (TPSA) is 43.4 Å². The van der Waals surface area contributed by atoms with Crippen LogP contribution in [0.25, 0.3) is 0 Å². The van der Waals surface area contributed by atoms with Crippen molar-refractivity contribution in [3.8, 4) is 5.75 Å². The van der Waals surface area contributed by atoms with Gasteiger partial charge in [0.15, 0.2) is 11.6 Å². The number of ether oxygens (including phenoxy) is 1. The van der Waals surface area contributed by atoms with E-state index in [0.717, 1.165) is 6.07 Å². The van der Waals surface area contributed by atoms with Crippen LogP contribution in [0.15, 0.2) is 12.1 Å². The molecule has 0 bridgehead atoms. The van der Waals surface area contributed by atoms with Crippen LogP contribution < -0.4 is 4.74 Å². The maximum Gasteiger partial charge on any atom is 0.236 e. The second kappa shape index (κ2) is 5.18. The minimum atomic E-state index is -3.87. The van der Waals surface area contributed by atoms with Crippen molar-refractivity contribution in [2.75, 3.05) is 7.11 Å². The molecule has 0 radical (unpaired) electrons. The number of rotatable bonds is 4. The summed E-state index contributed by atoms with van der Waals surface area (Å²) < 4.78 is 53.2. The first-order chi connectivity index (χ1) is 7.74. The van der Waals surface area contributed by atoms with E-state index in [-0.39, 0.29) is 16.9 Å². The Hall–Kier alpha value is -0.880. The Morgan fingerprint density at radius 3 is 2.47 bits per heavy atom. The Balaban J connectivity index is 3.34. The van der Waals surface area contributed by atoms with E-state index in [0.29, 0.717) is 0 Å². The molecule has 0 N–H and O–H groups in total. The van der Waals surface area contributed by atoms with Crippen molar-refractivity contribution in [3.05, 3.63) is 29.1 Å². The zero-order valence-electron chi connectivity index (χ0n) is 9.21. The minimum absolute atomic E-state index is 0.00185. The van der Waals surface area contributed by atoms with E-state index >= 15 is 0 Å². The van der Waals surface area contributed by atoms with Gasteiger partial charge in [-0.1, -0.05) is 0 Å². The maximum atomic E-state index is 13.5. The van der Waals surface area contributed by atoms with Crippen LogP contribution in [0.1, 0.15) is 24.2 Å². The molecule has 0 saturated heterocycles. The van der Waals surface area contributed by atoms with Gasteiger partial charge < -0.3 is 4.74 Å². The van der Waals surface area contributed by atoms with Crippen LogP contribution in [0.5, 0.6) is 5.75 Å². The van der Waals surface area contributed by atoms with Gasteiger partial charge in [-0.05, 0) is 24.6 Å². The summed E-state index contributed by atoms with van der Waals surface area (Å²) in [6.07, 6.45) is -1.41. The van der Waals surface area contributed by atoms with Crippen LogP contribution in [0, 0.1) is 5.82 Å². The third-order valence-electron chi connectivity index (χ3n) is 2.13. The van der Waals surface area contributed by atoms with Crippen molar-refractivity contribution in [3.63, 3.8) is 0 Å². The van der Waals surface area contributed by atoms with Crippen LogP contribution in [0.3, 0.4) is 0 Å². The molecule has 7 heteroatoms. The molecule has 0 spiro atoms. The first-order valence-corrected chi connectivity index (χ1v) is 7.15. The quantitative estimate of drug-likeness (QED) is 0.799. The molecule has 0 fully saturated rings. The molecular weight excluding hydrogens is 274 g/mol. The fraction of sp³-hybridized carbons (Fsp3) is 0.400. The van der Waals surface area contributed by atoms with Gasteiger partial charge in [-0.15, -0.1) is 0 Å². The molecule has 1 aromatic carbocycles. The van der Waals surface area contributed by atoms with Gasteiger partial charge in [0.2, 0.25) is 9.05 Å². The molecular formula is C10H11ClF2O3S. The van der Waals surface area contributed by atoms with Gasteiger partial charge in [0.05, 0.1) is 12.9 Å². The zero-order chi connectivity index (χ0) is 13.2. The van der Waals surface area contributed by atoms with Crippen molar-refractivity contribution >= 4 is 19.7 Å². The molecule has 1 aromatic rings. The fourth-order valence-corrected chi connectivity index (χ4v) is 2.36. The van der Waals surface area contributed by atoms with Crippen molar-refractivity contribution in [2.24, 2.45) is 0 Å². The van der Waals surface area contributed by atoms with Gasteiger partial charge in [-0.3, -0.25) is 0 Å². The highest BCUT2D eigenvalue weighted by Gasteiger charge is 2.18. The molecule has 0 aliphatic carbocycles. The van der Waals surface area contributed by atoms with Gasteiger partial charge in [0, 0.05) is 16.2 Å². The standard InChI is InChI=1S/C10H11ClF2O3S/c1-6(12)7-3-8(5-17(11,14)15)10(16-2)9(13)4-7/h3-4,6H,5H2,1-2H3. The molecule has 0 aromatic heterocycles. The molecule has 0 aliphatic rings. The second-order valence-electron chi connectivity index (χ2n) is 3.49. The molecule has 1 atom stereocenters. The SMILES string of the molecule is COc1c(F)cc(C(C)F)cc1CS(=O)(=O)Cl. The summed E-state index contributed by atoms with van der Waals surface area (Å²) in [5.74, 6) is -1.67. The van der Waals surface area contributed by atoms with Gasteiger partial charge in [-0.25, -0.2) is 17.2 Å². The van der Waals surface area contributed by atoms with E-state index in [1.807, 2.05) is 0 Å². The average Bonchev–Trinajstić information content (AvgIpc) is 2.14. The highest BCUT2D eigenvalue weighted by atomic mass is 35.7. The average molecular weight is 285 g/mol. The van der Waals surface area contributed by atoms with Crippen LogP contribution >= 0.6 is 10.7 Å². The number of halogens is 3. The fourth-order valence-electron chi connectivity index (χ4n) is 1.42. The number of methoxy groups -OCH3 is 1. The lowest BCUT2D eigenvalue weighted by Gasteiger charge is -2.11. The normalized spacial score (nSPS) is 13.5. The molecule has 3 nitrogen and oxygen atoms in total. The number of hydrogen-bond acceptors (Lipinski definition) is 3. The summed E-state index contributed by atoms with van der Waals surface area (Å²) in [5, 5.41) is 0. The molecule has 1 unspecified atom stereocenters. The predicted octanol–water partition coefficient (Wildman–Crippen LogP) is 2.93. The molecule has 0 heterocycles. The van der Waals surface area contributed by atoms with E-state index in [1.165, 1.54) is 20.1 Å². The Morgan fingerprint density at radius 2 is 2.06 bits per heavy atom. The van der Waals surface area contributed by atoms with Crippen molar-refractivity contribution in [1.29, 1.82) is 0 Å². The van der Waals surface area contributed by atoms with Crippen molar-refractivity contribution in [2.45, 2.75) is 18.8 Å². The smallest absolute Gasteiger partial charge is 0.236 e. The first kappa shape index (κ1) is 14.2. The Labute approximate surface area is 103 Å². The predicted molar refractivity (Wildman–Crippen MR) is 61.0 cm³/mol. The Morgan fingerprint density at radius 1 is 1.47 bits per heavy atom. The third kappa shape index (κ3) is 3.81. The van der Waals surface area contributed by atoms with Gasteiger partial charge >= 0.3 is 0 Å². The lowest BCUT2D eigenvalue weighted by molar-refractivity contribution is 0.363. The lowest BCUT2D eigenvalue weighted by Crippen LogP contribution is -2.03. The van der Waals surface area contributed by atoms with E-state index in [9.17, 15) is 17.2 Å². The van der Waals surface area contributed by atoms with Crippen molar-refractivity contribution < 1.29 is 21.9 Å². The van der Waals surface area contributed by atoms with Crippen LogP contribution in [0.2, 0.25) is 0 Å². The van der Waals surface area contributed by atoms with Crippen LogP contribution in [-0.2, 0) is 14.8 Å². The van der Waals surface area contributed by atoms with Crippen molar-refractivity contribution in [1.82, 2.24) is 0 Å². The lowest BCUT2D eigenvalue weighted by atomic mass is 10.1. The minimum Gasteiger partial charge on any atom is -0.493 e. The third-order valence-corrected chi connectivity index (χ3v) is 3.12. The van der Waals surface area contributed by atoms with E-state index in [1.54, 1.807) is 0 Å². The van der Waals surface area contributed by atoms with Gasteiger partial charge in [0.1, 0.15) is 6.17 Å². The molecule has 17 heavy (non-hydrogen) atoms. The molecule has 0 aliphatic heterocycles. The van der Waals surface area contributed by atoms with E-state index in [4.69, 9.17) is 15.4 Å². The summed E-state index contributed by atoms with van der Waals surface area (Å²) >= 11 is 0. The highest BCUT2D eigenvalue weighted by Crippen LogP contribution is 2.30. The largest absolute Gasteiger partial charge is 0.493 e. The summed E-state index contributed by atoms with van der Waals surface area (Å²) in [5.41, 5.74) is 0.0422. The highest BCUT2D eigenvalue weighted by molar-refractivity contribution is 8.13. The number of hydrogen-bond donors (Lipinski definition) is 0. The van der Waals surface area contributed by atoms with Crippen LogP contribution in [0.4, 0.5) is 8.78 Å². The first-order valence-electron chi connectivity index (χ1n) is 4.67. The Bertz CT molecular complexity index is 515. The number of benzene rings is 1. The van der Waals surface area contributed by atoms with E-state index in [2.05, 4.69) is 0 Å². The summed E-state index contributed by atoms with van der Waals surface area (Å²) in [6.45, 7) is 1.22. The van der Waals surface area contributed by atoms with Gasteiger partial charge in [0.25, 0.3) is 0 Å².